The Balaban J connectivity index is 2.38. The van der Waals surface area contributed by atoms with E-state index in [4.69, 9.17) is 0 Å². The highest BCUT2D eigenvalue weighted by Gasteiger charge is 2.02. The second-order valence-electron chi connectivity index (χ2n) is 4.69. The minimum absolute atomic E-state index is 0.693. The second kappa shape index (κ2) is 7.87. The Labute approximate surface area is 110 Å². The predicted molar refractivity (Wildman–Crippen MR) is 77.2 cm³/mol. The normalized spacial score (nSPS) is 10.7. The molecule has 1 aromatic rings. The van der Waals surface area contributed by atoms with Crippen molar-refractivity contribution in [2.45, 2.75) is 26.7 Å². The van der Waals surface area contributed by atoms with Crippen LogP contribution in [0.15, 0.2) is 6.20 Å². The van der Waals surface area contributed by atoms with E-state index in [1.54, 1.807) is 0 Å². The van der Waals surface area contributed by atoms with Gasteiger partial charge in [-0.1, -0.05) is 0 Å². The van der Waals surface area contributed by atoms with Gasteiger partial charge >= 0.3 is 0 Å². The molecular weight excluding hydrogens is 226 g/mol. The number of anilines is 2. The van der Waals surface area contributed by atoms with E-state index < -0.39 is 0 Å². The summed E-state index contributed by atoms with van der Waals surface area (Å²) in [6.07, 6.45) is 4.20. The molecule has 0 aliphatic rings. The molecule has 1 aromatic heterocycles. The van der Waals surface area contributed by atoms with E-state index in [0.29, 0.717) is 5.95 Å². The van der Waals surface area contributed by atoms with E-state index in [-0.39, 0.29) is 0 Å². The molecule has 0 fully saturated rings. The molecule has 0 aliphatic carbocycles. The highest BCUT2D eigenvalue weighted by atomic mass is 15.1. The number of aromatic nitrogens is 2. The van der Waals surface area contributed by atoms with Crippen LogP contribution < -0.4 is 10.6 Å². The molecule has 1 heterocycles. The first-order chi connectivity index (χ1) is 8.63. The van der Waals surface area contributed by atoms with Crippen molar-refractivity contribution in [3.05, 3.63) is 11.8 Å². The van der Waals surface area contributed by atoms with Crippen LogP contribution in [0.25, 0.3) is 0 Å². The molecule has 18 heavy (non-hydrogen) atoms. The van der Waals surface area contributed by atoms with E-state index in [9.17, 15) is 0 Å². The van der Waals surface area contributed by atoms with Crippen LogP contribution in [-0.2, 0) is 0 Å². The molecule has 5 heteroatoms. The zero-order chi connectivity index (χ0) is 13.4. The fourth-order valence-corrected chi connectivity index (χ4v) is 1.62. The number of nitrogens with zero attached hydrogens (tertiary/aromatic N) is 3. The molecule has 5 nitrogen and oxygen atoms in total. The molecule has 0 unspecified atom stereocenters. The lowest BCUT2D eigenvalue weighted by Gasteiger charge is -2.11. The number of aryl methyl sites for hydroxylation is 1. The van der Waals surface area contributed by atoms with Crippen molar-refractivity contribution in [1.29, 1.82) is 0 Å². The average Bonchev–Trinajstić information content (AvgIpc) is 2.32. The summed E-state index contributed by atoms with van der Waals surface area (Å²) >= 11 is 0. The van der Waals surface area contributed by atoms with Gasteiger partial charge in [0.15, 0.2) is 0 Å². The molecule has 0 spiro atoms. The fourth-order valence-electron chi connectivity index (χ4n) is 1.62. The van der Waals surface area contributed by atoms with Gasteiger partial charge < -0.3 is 15.5 Å². The van der Waals surface area contributed by atoms with E-state index >= 15 is 0 Å². The quantitative estimate of drug-likeness (QED) is 0.692. The van der Waals surface area contributed by atoms with Crippen molar-refractivity contribution in [3.63, 3.8) is 0 Å². The van der Waals surface area contributed by atoms with Crippen molar-refractivity contribution in [1.82, 2.24) is 14.9 Å². The third-order valence-corrected chi connectivity index (χ3v) is 2.63. The number of hydrogen-bond acceptors (Lipinski definition) is 5. The maximum absolute atomic E-state index is 4.45. The van der Waals surface area contributed by atoms with Gasteiger partial charge in [-0.3, -0.25) is 0 Å². The van der Waals surface area contributed by atoms with Gasteiger partial charge in [-0.2, -0.15) is 4.98 Å². The smallest absolute Gasteiger partial charge is 0.224 e. The molecule has 0 aromatic carbocycles. The van der Waals surface area contributed by atoms with Gasteiger partial charge in [0.25, 0.3) is 0 Å². The van der Waals surface area contributed by atoms with Crippen molar-refractivity contribution in [3.8, 4) is 0 Å². The summed E-state index contributed by atoms with van der Waals surface area (Å²) in [4.78, 5) is 10.9. The van der Waals surface area contributed by atoms with Gasteiger partial charge in [0.1, 0.15) is 5.82 Å². The van der Waals surface area contributed by atoms with Crippen molar-refractivity contribution in [2.24, 2.45) is 0 Å². The van der Waals surface area contributed by atoms with Crippen LogP contribution in [-0.4, -0.2) is 48.6 Å². The lowest BCUT2D eigenvalue weighted by Crippen LogP contribution is -2.14. The molecule has 0 saturated carbocycles. The first kappa shape index (κ1) is 14.7. The van der Waals surface area contributed by atoms with Gasteiger partial charge in [-0.05, 0) is 47.3 Å². The van der Waals surface area contributed by atoms with Crippen molar-refractivity contribution in [2.75, 3.05) is 44.4 Å². The second-order valence-corrected chi connectivity index (χ2v) is 4.69. The minimum atomic E-state index is 0.693. The third-order valence-electron chi connectivity index (χ3n) is 2.63. The predicted octanol–water partition coefficient (Wildman–Crippen LogP) is 1.97. The number of rotatable bonds is 8. The Bertz CT molecular complexity index is 351. The lowest BCUT2D eigenvalue weighted by molar-refractivity contribution is 0.396. The monoisotopic (exact) mass is 251 g/mol. The Morgan fingerprint density at radius 2 is 2.00 bits per heavy atom. The molecule has 0 atom stereocenters. The van der Waals surface area contributed by atoms with Crippen LogP contribution in [0.1, 0.15) is 25.3 Å². The highest BCUT2D eigenvalue weighted by Crippen LogP contribution is 2.12. The van der Waals surface area contributed by atoms with Crippen LogP contribution in [0.3, 0.4) is 0 Å². The summed E-state index contributed by atoms with van der Waals surface area (Å²) < 4.78 is 0. The van der Waals surface area contributed by atoms with Gasteiger partial charge in [0, 0.05) is 24.8 Å². The first-order valence-corrected chi connectivity index (χ1v) is 6.59. The number of nitrogens with one attached hydrogen (secondary N) is 2. The molecule has 0 bridgehead atoms. The van der Waals surface area contributed by atoms with Crippen molar-refractivity contribution < 1.29 is 0 Å². The maximum atomic E-state index is 4.45. The minimum Gasteiger partial charge on any atom is -0.370 e. The van der Waals surface area contributed by atoms with Gasteiger partial charge in [-0.25, -0.2) is 4.98 Å². The van der Waals surface area contributed by atoms with Gasteiger partial charge in [-0.15, -0.1) is 0 Å². The molecule has 2 N–H and O–H groups in total. The highest BCUT2D eigenvalue weighted by molar-refractivity contribution is 5.46. The van der Waals surface area contributed by atoms with Crippen LogP contribution in [0, 0.1) is 6.92 Å². The van der Waals surface area contributed by atoms with Gasteiger partial charge in [0.2, 0.25) is 5.95 Å². The average molecular weight is 251 g/mol. The Kier molecular flexibility index (Phi) is 6.43. The topological polar surface area (TPSA) is 53.1 Å². The van der Waals surface area contributed by atoms with Gasteiger partial charge in [0.05, 0.1) is 0 Å². The van der Waals surface area contributed by atoms with E-state index in [2.05, 4.69) is 39.6 Å². The molecule has 102 valence electrons. The molecule has 0 aliphatic heterocycles. The fraction of sp³-hybridized carbons (Fsp3) is 0.692. The summed E-state index contributed by atoms with van der Waals surface area (Å²) in [5.41, 5.74) is 1.09. The van der Waals surface area contributed by atoms with Crippen molar-refractivity contribution >= 4 is 11.8 Å². The summed E-state index contributed by atoms with van der Waals surface area (Å²) in [7, 11) is 4.20. The molecular formula is C13H25N5. The van der Waals surface area contributed by atoms with Crippen LogP contribution >= 0.6 is 0 Å². The third kappa shape index (κ3) is 5.31. The van der Waals surface area contributed by atoms with Crippen LogP contribution in [0.2, 0.25) is 0 Å². The summed E-state index contributed by atoms with van der Waals surface area (Å²) in [5, 5.41) is 6.50. The van der Waals surface area contributed by atoms with Crippen LogP contribution in [0.4, 0.5) is 11.8 Å². The zero-order valence-electron chi connectivity index (χ0n) is 12.0. The molecule has 0 amide bonds. The van der Waals surface area contributed by atoms with E-state index in [1.165, 1.54) is 6.42 Å². The summed E-state index contributed by atoms with van der Waals surface area (Å²) in [6.45, 7) is 6.99. The van der Waals surface area contributed by atoms with E-state index in [0.717, 1.165) is 37.4 Å². The SMILES string of the molecule is CCNc1ncc(C)c(NCCCCN(C)C)n1. The standard InChI is InChI=1S/C13H25N5/c1-5-14-13-16-10-11(2)12(17-13)15-8-6-7-9-18(3)4/h10H,5-9H2,1-4H3,(H2,14,15,16,17). The number of unbranched alkanes of at least 4 members (excludes halogenated alkanes) is 1. The van der Waals surface area contributed by atoms with E-state index in [1.807, 2.05) is 20.0 Å². The Morgan fingerprint density at radius 1 is 1.22 bits per heavy atom. The largest absolute Gasteiger partial charge is 0.370 e. The maximum Gasteiger partial charge on any atom is 0.224 e. The van der Waals surface area contributed by atoms with Crippen LogP contribution in [0.5, 0.6) is 0 Å². The zero-order valence-corrected chi connectivity index (χ0v) is 12.0. The molecule has 0 saturated heterocycles. The summed E-state index contributed by atoms with van der Waals surface area (Å²) in [6, 6.07) is 0. The number of hydrogen-bond donors (Lipinski definition) is 2. The Hall–Kier alpha value is -1.36. The first-order valence-electron chi connectivity index (χ1n) is 6.59. The molecule has 0 radical (unpaired) electrons. The molecule has 1 rings (SSSR count). The lowest BCUT2D eigenvalue weighted by atomic mass is 10.3. The summed E-state index contributed by atoms with van der Waals surface area (Å²) in [5.74, 6) is 1.63. The Morgan fingerprint density at radius 3 is 2.67 bits per heavy atom.